The Morgan fingerprint density at radius 3 is 2.75 bits per heavy atom. The molecule has 114 valence electrons. The summed E-state index contributed by atoms with van der Waals surface area (Å²) in [5, 5.41) is 13.3. The molecule has 0 aliphatic heterocycles. The molecule has 4 nitrogen and oxygen atoms in total. The van der Waals surface area contributed by atoms with Gasteiger partial charge in [-0.2, -0.15) is 5.26 Å². The van der Waals surface area contributed by atoms with Gasteiger partial charge in [0.25, 0.3) is 0 Å². The second-order valence-corrected chi connectivity index (χ2v) is 6.50. The van der Waals surface area contributed by atoms with Gasteiger partial charge in [0.05, 0.1) is 12.7 Å². The fourth-order valence-electron chi connectivity index (χ4n) is 3.68. The topological polar surface area (TPSA) is 48.3 Å². The predicted octanol–water partition coefficient (Wildman–Crippen LogP) is 2.30. The van der Waals surface area contributed by atoms with E-state index >= 15 is 0 Å². The van der Waals surface area contributed by atoms with Crippen molar-refractivity contribution in [1.82, 2.24) is 10.2 Å². The number of rotatable bonds is 7. The highest BCUT2D eigenvalue weighted by atomic mass is 16.5. The lowest BCUT2D eigenvalue weighted by Crippen LogP contribution is -2.55. The van der Waals surface area contributed by atoms with Crippen LogP contribution >= 0.6 is 0 Å². The van der Waals surface area contributed by atoms with E-state index in [1.807, 2.05) is 0 Å². The van der Waals surface area contributed by atoms with Gasteiger partial charge in [0.1, 0.15) is 5.54 Å². The fourth-order valence-corrected chi connectivity index (χ4v) is 3.68. The summed E-state index contributed by atoms with van der Waals surface area (Å²) in [6, 6.07) is 4.12. The first-order chi connectivity index (χ1) is 9.64. The van der Waals surface area contributed by atoms with Crippen LogP contribution in [0.15, 0.2) is 0 Å². The van der Waals surface area contributed by atoms with Crippen molar-refractivity contribution in [3.05, 3.63) is 0 Å². The number of nitriles is 1. The van der Waals surface area contributed by atoms with Gasteiger partial charge in [-0.25, -0.2) is 0 Å². The van der Waals surface area contributed by atoms with E-state index in [-0.39, 0.29) is 5.54 Å². The maximum absolute atomic E-state index is 9.68. The van der Waals surface area contributed by atoms with Gasteiger partial charge >= 0.3 is 0 Å². The summed E-state index contributed by atoms with van der Waals surface area (Å²) < 4.78 is 5.31. The van der Waals surface area contributed by atoms with Gasteiger partial charge in [-0.3, -0.25) is 10.2 Å². The Kier molecular flexibility index (Phi) is 5.42. The maximum atomic E-state index is 9.68. The summed E-state index contributed by atoms with van der Waals surface area (Å²) in [4.78, 5) is 2.52. The van der Waals surface area contributed by atoms with Gasteiger partial charge in [0, 0.05) is 25.2 Å². The minimum Gasteiger partial charge on any atom is -0.383 e. The molecule has 3 atom stereocenters. The number of ether oxygens (including phenoxy) is 1. The SMILES string of the molecule is CCN(C(C)COC)C1CCCC(C#N)(NC2CC2)C1. The van der Waals surface area contributed by atoms with Crippen molar-refractivity contribution in [3.8, 4) is 6.07 Å². The molecule has 0 saturated heterocycles. The van der Waals surface area contributed by atoms with Gasteiger partial charge in [-0.1, -0.05) is 6.92 Å². The van der Waals surface area contributed by atoms with E-state index in [1.54, 1.807) is 7.11 Å². The third-order valence-electron chi connectivity index (χ3n) is 4.80. The molecule has 0 aromatic carbocycles. The highest BCUT2D eigenvalue weighted by Gasteiger charge is 2.42. The lowest BCUT2D eigenvalue weighted by molar-refractivity contribution is 0.0460. The Balaban J connectivity index is 2.01. The average Bonchev–Trinajstić information content (AvgIpc) is 3.24. The minimum atomic E-state index is -0.287. The summed E-state index contributed by atoms with van der Waals surface area (Å²) in [7, 11) is 1.76. The molecule has 3 unspecified atom stereocenters. The second kappa shape index (κ2) is 6.89. The van der Waals surface area contributed by atoms with E-state index in [9.17, 15) is 5.26 Å². The standard InChI is InChI=1S/C16H29N3O/c1-4-19(13(2)11-20-3)15-6-5-9-16(10-15,12-17)18-14-7-8-14/h13-15,18H,4-11H2,1-3H3. The van der Waals surface area contributed by atoms with E-state index in [0.717, 1.165) is 32.4 Å². The zero-order chi connectivity index (χ0) is 14.6. The van der Waals surface area contributed by atoms with Crippen LogP contribution in [0.1, 0.15) is 52.4 Å². The Hall–Kier alpha value is -0.630. The first-order valence-corrected chi connectivity index (χ1v) is 8.07. The van der Waals surface area contributed by atoms with Crippen LogP contribution in [0, 0.1) is 11.3 Å². The normalized spacial score (nSPS) is 32.0. The van der Waals surface area contributed by atoms with Crippen LogP contribution in [0.25, 0.3) is 0 Å². The van der Waals surface area contributed by atoms with Crippen molar-refractivity contribution in [3.63, 3.8) is 0 Å². The molecule has 2 fully saturated rings. The Labute approximate surface area is 123 Å². The Bertz CT molecular complexity index is 350. The average molecular weight is 279 g/mol. The highest BCUT2D eigenvalue weighted by Crippen LogP contribution is 2.34. The van der Waals surface area contributed by atoms with Crippen LogP contribution in [-0.4, -0.2) is 48.8 Å². The molecule has 0 amide bonds. The van der Waals surface area contributed by atoms with Crippen LogP contribution in [-0.2, 0) is 4.74 Å². The van der Waals surface area contributed by atoms with Crippen molar-refractivity contribution in [2.24, 2.45) is 0 Å². The largest absolute Gasteiger partial charge is 0.383 e. The number of likely N-dealkylation sites (N-methyl/N-ethyl adjacent to an activating group) is 1. The van der Waals surface area contributed by atoms with Crippen LogP contribution in [0.5, 0.6) is 0 Å². The fraction of sp³-hybridized carbons (Fsp3) is 0.938. The maximum Gasteiger partial charge on any atom is 0.108 e. The van der Waals surface area contributed by atoms with Gasteiger partial charge in [0.15, 0.2) is 0 Å². The third kappa shape index (κ3) is 3.72. The summed E-state index contributed by atoms with van der Waals surface area (Å²) in [5.74, 6) is 0. The van der Waals surface area contributed by atoms with E-state index in [1.165, 1.54) is 19.3 Å². The number of nitrogens with one attached hydrogen (secondary N) is 1. The molecule has 20 heavy (non-hydrogen) atoms. The zero-order valence-corrected chi connectivity index (χ0v) is 13.2. The molecule has 0 spiro atoms. The number of hydrogen-bond donors (Lipinski definition) is 1. The van der Waals surface area contributed by atoms with Crippen LogP contribution in [0.3, 0.4) is 0 Å². The van der Waals surface area contributed by atoms with E-state index < -0.39 is 0 Å². The lowest BCUT2D eigenvalue weighted by Gasteiger charge is -2.43. The zero-order valence-electron chi connectivity index (χ0n) is 13.2. The van der Waals surface area contributed by atoms with Crippen molar-refractivity contribution in [2.45, 2.75) is 76.0 Å². The number of hydrogen-bond acceptors (Lipinski definition) is 4. The number of methoxy groups -OCH3 is 1. The van der Waals surface area contributed by atoms with Crippen molar-refractivity contribution in [1.29, 1.82) is 5.26 Å². The van der Waals surface area contributed by atoms with Crippen molar-refractivity contribution in [2.75, 3.05) is 20.3 Å². The van der Waals surface area contributed by atoms with Gasteiger partial charge < -0.3 is 4.74 Å². The third-order valence-corrected chi connectivity index (χ3v) is 4.80. The van der Waals surface area contributed by atoms with Gasteiger partial charge in [0.2, 0.25) is 0 Å². The molecule has 2 rings (SSSR count). The van der Waals surface area contributed by atoms with Crippen molar-refractivity contribution < 1.29 is 4.74 Å². The molecule has 2 aliphatic carbocycles. The first-order valence-electron chi connectivity index (χ1n) is 8.07. The molecule has 1 N–H and O–H groups in total. The van der Waals surface area contributed by atoms with Crippen LogP contribution < -0.4 is 5.32 Å². The highest BCUT2D eigenvalue weighted by molar-refractivity contribution is 5.13. The quantitative estimate of drug-likeness (QED) is 0.777. The van der Waals surface area contributed by atoms with Gasteiger partial charge in [-0.05, 0) is 52.0 Å². The molecular weight excluding hydrogens is 250 g/mol. The molecule has 4 heteroatoms. The van der Waals surface area contributed by atoms with Gasteiger partial charge in [-0.15, -0.1) is 0 Å². The second-order valence-electron chi connectivity index (χ2n) is 6.50. The minimum absolute atomic E-state index is 0.287. The summed E-state index contributed by atoms with van der Waals surface area (Å²) in [6.07, 6.45) is 6.80. The van der Waals surface area contributed by atoms with E-state index in [2.05, 4.69) is 30.1 Å². The van der Waals surface area contributed by atoms with Crippen LogP contribution in [0.2, 0.25) is 0 Å². The molecule has 0 aromatic rings. The number of nitrogens with zero attached hydrogens (tertiary/aromatic N) is 2. The Morgan fingerprint density at radius 1 is 1.45 bits per heavy atom. The predicted molar refractivity (Wildman–Crippen MR) is 80.5 cm³/mol. The Morgan fingerprint density at radius 2 is 2.20 bits per heavy atom. The van der Waals surface area contributed by atoms with Crippen LogP contribution in [0.4, 0.5) is 0 Å². The summed E-state index contributed by atoms with van der Waals surface area (Å²) in [5.41, 5.74) is -0.287. The molecule has 0 radical (unpaired) electrons. The van der Waals surface area contributed by atoms with E-state index in [4.69, 9.17) is 4.74 Å². The molecule has 0 heterocycles. The molecule has 2 saturated carbocycles. The molecule has 0 aromatic heterocycles. The summed E-state index contributed by atoms with van der Waals surface area (Å²) >= 11 is 0. The monoisotopic (exact) mass is 279 g/mol. The van der Waals surface area contributed by atoms with E-state index in [0.29, 0.717) is 18.1 Å². The molecule has 0 bridgehead atoms. The smallest absolute Gasteiger partial charge is 0.108 e. The molecular formula is C16H29N3O. The first kappa shape index (κ1) is 15.8. The lowest BCUT2D eigenvalue weighted by atomic mass is 9.79. The molecule has 2 aliphatic rings. The van der Waals surface area contributed by atoms with Crippen molar-refractivity contribution >= 4 is 0 Å². The summed E-state index contributed by atoms with van der Waals surface area (Å²) in [6.45, 7) is 6.23.